The standard InChI is InChI=1S/C22H17F3N4O4S/c23-22(24,25)32-13-8-6-12(7-9-13)29-17(21(31)33-28-29)18(30)19-16(26)14-10-11-4-2-1-3-5-15(11)27-20(14)34-19/h6-10H,1-5H2,(H2-,26,28,30,31)/p+1. The molecule has 34 heavy (non-hydrogen) atoms. The number of hydrogen-bond acceptors (Lipinski definition) is 7. The van der Waals surface area contributed by atoms with Gasteiger partial charge in [0.05, 0.1) is 5.69 Å². The molecule has 12 heteroatoms. The number of aromatic nitrogens is 3. The number of nitrogens with two attached hydrogens (primary N) is 1. The van der Waals surface area contributed by atoms with Gasteiger partial charge in [-0.1, -0.05) is 6.42 Å². The van der Waals surface area contributed by atoms with Crippen LogP contribution in [-0.2, 0) is 12.8 Å². The van der Waals surface area contributed by atoms with E-state index in [1.807, 2.05) is 6.07 Å². The molecule has 0 unspecified atom stereocenters. The van der Waals surface area contributed by atoms with E-state index in [-0.39, 0.29) is 21.9 Å². The molecule has 0 saturated carbocycles. The van der Waals surface area contributed by atoms with Crippen LogP contribution in [0.3, 0.4) is 0 Å². The Morgan fingerprint density at radius 3 is 2.65 bits per heavy atom. The molecule has 3 N–H and O–H groups in total. The Kier molecular flexibility index (Phi) is 5.39. The minimum absolute atomic E-state index is 0.139. The first-order valence-electron chi connectivity index (χ1n) is 10.5. The predicted octanol–water partition coefficient (Wildman–Crippen LogP) is 3.84. The summed E-state index contributed by atoms with van der Waals surface area (Å²) >= 11 is 1.09. The summed E-state index contributed by atoms with van der Waals surface area (Å²) in [6.07, 6.45) is 0.164. The number of carbonyl (C=O) groups is 1. The molecule has 176 valence electrons. The van der Waals surface area contributed by atoms with Crippen molar-refractivity contribution in [3.05, 3.63) is 62.6 Å². The zero-order chi connectivity index (χ0) is 24.0. The number of nitrogens with zero attached hydrogens (tertiary/aromatic N) is 2. The number of rotatable bonds is 4. The molecule has 0 saturated heterocycles. The molecule has 5 rings (SSSR count). The maximum absolute atomic E-state index is 13.4. The molecular weight excluding hydrogens is 473 g/mol. The number of halogens is 3. The van der Waals surface area contributed by atoms with E-state index in [1.165, 1.54) is 12.1 Å². The number of ether oxygens (including phenoxy) is 1. The first-order chi connectivity index (χ1) is 16.2. The average molecular weight is 491 g/mol. The number of pyridine rings is 1. The number of thiophene rings is 1. The van der Waals surface area contributed by atoms with Crippen molar-refractivity contribution in [3.8, 4) is 11.4 Å². The number of hydrogen-bond donors (Lipinski definition) is 2. The number of nitrogen functional groups attached to an aromatic ring is 1. The van der Waals surface area contributed by atoms with Gasteiger partial charge in [0.15, 0.2) is 0 Å². The predicted molar refractivity (Wildman–Crippen MR) is 116 cm³/mol. The van der Waals surface area contributed by atoms with Gasteiger partial charge in [0.2, 0.25) is 5.69 Å². The number of carbonyl (C=O) groups excluding carboxylic acids is 1. The fraction of sp³-hybridized carbons (Fsp3) is 0.273. The molecular formula is C22H18F3N4O4S+. The number of benzene rings is 1. The van der Waals surface area contributed by atoms with Gasteiger partial charge in [0, 0.05) is 23.2 Å². The van der Waals surface area contributed by atoms with Gasteiger partial charge in [-0.3, -0.25) is 9.32 Å². The fourth-order valence-electron chi connectivity index (χ4n) is 4.06. The normalized spacial score (nSPS) is 14.1. The van der Waals surface area contributed by atoms with E-state index in [4.69, 9.17) is 15.2 Å². The van der Waals surface area contributed by atoms with E-state index >= 15 is 0 Å². The van der Waals surface area contributed by atoms with E-state index in [2.05, 4.69) is 10.0 Å². The smallest absolute Gasteiger partial charge is 0.406 e. The molecule has 1 aliphatic carbocycles. The van der Waals surface area contributed by atoms with Crippen molar-refractivity contribution in [2.75, 3.05) is 5.73 Å². The lowest BCUT2D eigenvalue weighted by atomic mass is 10.1. The summed E-state index contributed by atoms with van der Waals surface area (Å²) in [5.74, 6) is -1.13. The highest BCUT2D eigenvalue weighted by Crippen LogP contribution is 2.36. The number of aryl methyl sites for hydroxylation is 2. The van der Waals surface area contributed by atoms with E-state index in [0.29, 0.717) is 10.2 Å². The van der Waals surface area contributed by atoms with E-state index in [9.17, 15) is 22.8 Å². The number of anilines is 1. The van der Waals surface area contributed by atoms with E-state index < -0.39 is 23.5 Å². The van der Waals surface area contributed by atoms with Gasteiger partial charge in [0.25, 0.3) is 5.78 Å². The lowest BCUT2D eigenvalue weighted by Gasteiger charge is -2.07. The van der Waals surface area contributed by atoms with Crippen LogP contribution >= 0.6 is 11.3 Å². The van der Waals surface area contributed by atoms with Crippen LogP contribution in [0.25, 0.3) is 15.9 Å². The molecule has 4 aromatic rings. The van der Waals surface area contributed by atoms with Gasteiger partial charge < -0.3 is 10.5 Å². The summed E-state index contributed by atoms with van der Waals surface area (Å²) in [5, 5.41) is 2.97. The minimum atomic E-state index is -4.84. The van der Waals surface area contributed by atoms with Crippen LogP contribution in [0.1, 0.15) is 45.9 Å². The molecule has 1 aromatic carbocycles. The Hall–Kier alpha value is -3.67. The summed E-state index contributed by atoms with van der Waals surface area (Å²) in [4.78, 5) is 31.2. The maximum Gasteiger partial charge on any atom is 0.573 e. The Balaban J connectivity index is 1.53. The van der Waals surface area contributed by atoms with Crippen LogP contribution < -0.4 is 20.8 Å². The fourth-order valence-corrected chi connectivity index (χ4v) is 5.09. The van der Waals surface area contributed by atoms with Crippen LogP contribution in [0.4, 0.5) is 18.9 Å². The quantitative estimate of drug-likeness (QED) is 0.255. The highest BCUT2D eigenvalue weighted by molar-refractivity contribution is 7.21. The Morgan fingerprint density at radius 1 is 1.18 bits per heavy atom. The monoisotopic (exact) mass is 491 g/mol. The van der Waals surface area contributed by atoms with Crippen molar-refractivity contribution in [1.82, 2.24) is 10.3 Å². The van der Waals surface area contributed by atoms with E-state index in [0.717, 1.165) is 71.5 Å². The van der Waals surface area contributed by atoms with Crippen LogP contribution in [-0.4, -0.2) is 22.4 Å². The number of ketones is 1. The van der Waals surface area contributed by atoms with Crippen molar-refractivity contribution in [2.24, 2.45) is 0 Å². The van der Waals surface area contributed by atoms with Gasteiger partial charge in [-0.15, -0.1) is 24.5 Å². The van der Waals surface area contributed by atoms with Crippen molar-refractivity contribution >= 4 is 33.0 Å². The number of nitrogens with one attached hydrogen (secondary N) is 1. The number of fused-ring (bicyclic) bond motifs is 2. The van der Waals surface area contributed by atoms with Gasteiger partial charge in [0.1, 0.15) is 15.5 Å². The summed E-state index contributed by atoms with van der Waals surface area (Å²) < 4.78 is 47.0. The number of alkyl halides is 3. The van der Waals surface area contributed by atoms with E-state index in [1.54, 1.807) is 0 Å². The third-order valence-corrected chi connectivity index (χ3v) is 6.76. The molecule has 0 radical (unpaired) electrons. The van der Waals surface area contributed by atoms with Crippen molar-refractivity contribution in [1.29, 1.82) is 0 Å². The van der Waals surface area contributed by atoms with Crippen molar-refractivity contribution in [3.63, 3.8) is 0 Å². The Morgan fingerprint density at radius 2 is 1.91 bits per heavy atom. The second kappa shape index (κ2) is 8.28. The molecule has 8 nitrogen and oxygen atoms in total. The summed E-state index contributed by atoms with van der Waals surface area (Å²) in [6, 6.07) is 6.57. The first kappa shape index (κ1) is 22.1. The van der Waals surface area contributed by atoms with Crippen LogP contribution in [0, 0.1) is 0 Å². The topological polar surface area (TPSA) is 115 Å². The average Bonchev–Trinajstić information content (AvgIpc) is 3.22. The minimum Gasteiger partial charge on any atom is -0.406 e. The molecule has 0 atom stereocenters. The largest absolute Gasteiger partial charge is 0.573 e. The third-order valence-electron chi connectivity index (χ3n) is 5.65. The highest BCUT2D eigenvalue weighted by atomic mass is 32.1. The first-order valence-corrected chi connectivity index (χ1v) is 11.3. The molecule has 1 aliphatic rings. The highest BCUT2D eigenvalue weighted by Gasteiger charge is 2.35. The molecule has 0 spiro atoms. The number of H-pyrrole nitrogens is 1. The lowest BCUT2D eigenvalue weighted by molar-refractivity contribution is -0.672. The lowest BCUT2D eigenvalue weighted by Crippen LogP contribution is -2.41. The van der Waals surface area contributed by atoms with Crippen LogP contribution in [0.5, 0.6) is 5.75 Å². The van der Waals surface area contributed by atoms with Gasteiger partial charge >= 0.3 is 17.7 Å². The SMILES string of the molecule is Nc1c(C(=O)c2c(=O)o[nH][n+]2-c2ccc(OC(F)(F)F)cc2)sc2nc3c(cc12)CCCCC3. The van der Waals surface area contributed by atoms with Gasteiger partial charge in [-0.05, 0) is 59.4 Å². The van der Waals surface area contributed by atoms with Gasteiger partial charge in [-0.25, -0.2) is 9.78 Å². The van der Waals surface area contributed by atoms with Gasteiger partial charge in [-0.2, -0.15) is 0 Å². The molecule has 0 fully saturated rings. The summed E-state index contributed by atoms with van der Waals surface area (Å²) in [5.41, 5.74) is 7.53. The summed E-state index contributed by atoms with van der Waals surface area (Å²) in [6.45, 7) is 0. The molecule has 0 amide bonds. The third kappa shape index (κ3) is 4.04. The zero-order valence-corrected chi connectivity index (χ0v) is 18.4. The second-order valence-corrected chi connectivity index (χ2v) is 8.89. The molecule has 0 aliphatic heterocycles. The van der Waals surface area contributed by atoms with Crippen molar-refractivity contribution in [2.45, 2.75) is 38.5 Å². The Bertz CT molecular complexity index is 1450. The molecule has 0 bridgehead atoms. The Labute approximate surface area is 193 Å². The molecule has 3 heterocycles. The zero-order valence-electron chi connectivity index (χ0n) is 17.6. The van der Waals surface area contributed by atoms with Crippen molar-refractivity contribution < 1.29 is 31.9 Å². The maximum atomic E-state index is 13.4. The molecule has 3 aromatic heterocycles. The second-order valence-electron chi connectivity index (χ2n) is 7.89. The number of aromatic amines is 1. The van der Waals surface area contributed by atoms with Crippen LogP contribution in [0.15, 0.2) is 39.6 Å². The summed E-state index contributed by atoms with van der Waals surface area (Å²) in [7, 11) is 0. The van der Waals surface area contributed by atoms with Crippen LogP contribution in [0.2, 0.25) is 0 Å².